The van der Waals surface area contributed by atoms with Gasteiger partial charge in [-0.2, -0.15) is 0 Å². The first-order chi connectivity index (χ1) is 8.92. The van der Waals surface area contributed by atoms with Crippen molar-refractivity contribution in [2.75, 3.05) is 13.1 Å². The van der Waals surface area contributed by atoms with Gasteiger partial charge in [-0.1, -0.05) is 36.2 Å². The summed E-state index contributed by atoms with van der Waals surface area (Å²) in [7, 11) is -3.65. The maximum Gasteiger partial charge on any atom is 0.242 e. The number of benzene rings is 1. The van der Waals surface area contributed by atoms with E-state index in [2.05, 4.69) is 10.0 Å². The van der Waals surface area contributed by atoms with E-state index in [1.165, 1.54) is 6.07 Å². The van der Waals surface area contributed by atoms with E-state index in [-0.39, 0.29) is 39.3 Å². The van der Waals surface area contributed by atoms with Crippen LogP contribution in [-0.2, 0) is 10.0 Å². The lowest BCUT2D eigenvalue weighted by molar-refractivity contribution is 0.327. The predicted octanol–water partition coefficient (Wildman–Crippen LogP) is 2.69. The van der Waals surface area contributed by atoms with Gasteiger partial charge in [0, 0.05) is 12.6 Å². The summed E-state index contributed by atoms with van der Waals surface area (Å²) >= 11 is 11.8. The molecule has 0 aromatic heterocycles. The fourth-order valence-electron chi connectivity index (χ4n) is 2.10. The van der Waals surface area contributed by atoms with E-state index in [0.717, 1.165) is 13.0 Å². The van der Waals surface area contributed by atoms with Crippen LogP contribution in [0.25, 0.3) is 0 Å². The van der Waals surface area contributed by atoms with Crippen LogP contribution in [0.15, 0.2) is 23.1 Å². The zero-order valence-electron chi connectivity index (χ0n) is 10.9. The van der Waals surface area contributed by atoms with E-state index < -0.39 is 10.0 Å². The topological polar surface area (TPSA) is 58.2 Å². The van der Waals surface area contributed by atoms with Crippen molar-refractivity contribution in [1.82, 2.24) is 10.0 Å². The molecule has 0 aliphatic carbocycles. The molecule has 0 saturated carbocycles. The maximum absolute atomic E-state index is 12.3. The molecule has 2 N–H and O–H groups in total. The fourth-order valence-corrected chi connectivity index (χ4v) is 4.21. The Morgan fingerprint density at radius 3 is 2.70 bits per heavy atom. The van der Waals surface area contributed by atoms with Gasteiger partial charge >= 0.3 is 0 Å². The molecule has 0 radical (unpaired) electrons. The summed E-state index contributed by atoms with van der Waals surface area (Å²) in [5.41, 5.74) is 0. The minimum absolute atomic E-state index is 0. The highest BCUT2D eigenvalue weighted by Gasteiger charge is 2.28. The third-order valence-corrected chi connectivity index (χ3v) is 5.80. The van der Waals surface area contributed by atoms with Gasteiger partial charge in [0.15, 0.2) is 0 Å². The molecule has 1 saturated heterocycles. The van der Waals surface area contributed by atoms with Crippen molar-refractivity contribution in [3.63, 3.8) is 0 Å². The highest BCUT2D eigenvalue weighted by molar-refractivity contribution is 7.89. The molecule has 114 valence electrons. The Kier molecular flexibility index (Phi) is 6.57. The minimum atomic E-state index is -3.65. The summed E-state index contributed by atoms with van der Waals surface area (Å²) in [5, 5.41) is 3.48. The van der Waals surface area contributed by atoms with Crippen LogP contribution >= 0.6 is 35.6 Å². The molecule has 8 heteroatoms. The molecule has 2 rings (SSSR count). The lowest BCUT2D eigenvalue weighted by Gasteiger charge is -2.30. The van der Waals surface area contributed by atoms with Crippen molar-refractivity contribution < 1.29 is 8.42 Å². The number of hydrogen-bond acceptors (Lipinski definition) is 3. The zero-order chi connectivity index (χ0) is 14.0. The normalized spacial score (nSPS) is 23.1. The number of hydrogen-bond donors (Lipinski definition) is 2. The number of halogens is 3. The smallest absolute Gasteiger partial charge is 0.242 e. The molecule has 1 aliphatic rings. The molecule has 2 atom stereocenters. The van der Waals surface area contributed by atoms with Crippen molar-refractivity contribution in [1.29, 1.82) is 0 Å². The summed E-state index contributed by atoms with van der Waals surface area (Å²) in [4.78, 5) is 0.0273. The van der Waals surface area contributed by atoms with Gasteiger partial charge in [0.2, 0.25) is 10.0 Å². The molecule has 20 heavy (non-hydrogen) atoms. The second kappa shape index (κ2) is 7.29. The number of rotatable bonds is 3. The Balaban J connectivity index is 0.00000200. The van der Waals surface area contributed by atoms with Crippen LogP contribution in [0.3, 0.4) is 0 Å². The lowest BCUT2D eigenvalue weighted by Crippen LogP contribution is -2.50. The Labute approximate surface area is 135 Å². The molecule has 1 fully saturated rings. The van der Waals surface area contributed by atoms with Crippen molar-refractivity contribution in [3.05, 3.63) is 28.2 Å². The van der Waals surface area contributed by atoms with Crippen molar-refractivity contribution >= 4 is 45.6 Å². The van der Waals surface area contributed by atoms with Gasteiger partial charge in [-0.3, -0.25) is 0 Å². The SMILES string of the molecule is CC1CCNCC1NS(=O)(=O)c1cccc(Cl)c1Cl.Cl. The zero-order valence-corrected chi connectivity index (χ0v) is 14.0. The first-order valence-electron chi connectivity index (χ1n) is 6.09. The highest BCUT2D eigenvalue weighted by Crippen LogP contribution is 2.29. The van der Waals surface area contributed by atoms with Gasteiger partial charge in [0.25, 0.3) is 0 Å². The fraction of sp³-hybridized carbons (Fsp3) is 0.500. The molecule has 2 unspecified atom stereocenters. The summed E-state index contributed by atoms with van der Waals surface area (Å²) < 4.78 is 27.4. The molecule has 0 amide bonds. The average molecular weight is 360 g/mol. The van der Waals surface area contributed by atoms with E-state index >= 15 is 0 Å². The van der Waals surface area contributed by atoms with Crippen molar-refractivity contribution in [2.45, 2.75) is 24.3 Å². The Morgan fingerprint density at radius 1 is 1.35 bits per heavy atom. The second-order valence-electron chi connectivity index (χ2n) is 4.75. The van der Waals surface area contributed by atoms with Crippen LogP contribution in [0.1, 0.15) is 13.3 Å². The Bertz CT molecular complexity index is 566. The van der Waals surface area contributed by atoms with Gasteiger partial charge in [-0.15, -0.1) is 12.4 Å². The predicted molar refractivity (Wildman–Crippen MR) is 84.5 cm³/mol. The van der Waals surface area contributed by atoms with Crippen LogP contribution in [0.5, 0.6) is 0 Å². The molecule has 4 nitrogen and oxygen atoms in total. The summed E-state index contributed by atoms with van der Waals surface area (Å²) in [6, 6.07) is 4.46. The second-order valence-corrected chi connectivity index (χ2v) is 7.22. The standard InChI is InChI=1S/C12H16Cl2N2O2S.ClH/c1-8-5-6-15-7-10(8)16-19(17,18)11-4-2-3-9(13)12(11)14;/h2-4,8,10,15-16H,5-7H2,1H3;1H. The van der Waals surface area contributed by atoms with E-state index in [1.54, 1.807) is 12.1 Å². The van der Waals surface area contributed by atoms with Crippen molar-refractivity contribution in [3.8, 4) is 0 Å². The van der Waals surface area contributed by atoms with Crippen LogP contribution < -0.4 is 10.0 Å². The lowest BCUT2D eigenvalue weighted by atomic mass is 9.96. The van der Waals surface area contributed by atoms with E-state index in [9.17, 15) is 8.42 Å². The average Bonchev–Trinajstić information content (AvgIpc) is 2.35. The number of piperidine rings is 1. The first kappa shape index (κ1) is 18.0. The summed E-state index contributed by atoms with van der Waals surface area (Å²) in [6.07, 6.45) is 0.941. The molecular formula is C12H17Cl3N2O2S. The third-order valence-electron chi connectivity index (χ3n) is 3.34. The van der Waals surface area contributed by atoms with Crippen molar-refractivity contribution in [2.24, 2.45) is 5.92 Å². The third kappa shape index (κ3) is 4.00. The first-order valence-corrected chi connectivity index (χ1v) is 8.33. The largest absolute Gasteiger partial charge is 0.315 e. The van der Waals surface area contributed by atoms with Crippen LogP contribution in [0, 0.1) is 5.92 Å². The quantitative estimate of drug-likeness (QED) is 0.872. The van der Waals surface area contributed by atoms with Gasteiger partial charge in [-0.25, -0.2) is 13.1 Å². The number of nitrogens with one attached hydrogen (secondary N) is 2. The van der Waals surface area contributed by atoms with Crippen LogP contribution in [0.2, 0.25) is 10.0 Å². The summed E-state index contributed by atoms with van der Waals surface area (Å²) in [6.45, 7) is 3.57. The van der Waals surface area contributed by atoms with E-state index in [4.69, 9.17) is 23.2 Å². The van der Waals surface area contributed by atoms with Gasteiger partial charge in [-0.05, 0) is 31.0 Å². The minimum Gasteiger partial charge on any atom is -0.315 e. The van der Waals surface area contributed by atoms with Gasteiger partial charge in [0.05, 0.1) is 10.0 Å². The Hall–Kier alpha value is -0.0400. The monoisotopic (exact) mass is 358 g/mol. The molecule has 1 aromatic rings. The number of sulfonamides is 1. The molecule has 1 aromatic carbocycles. The molecule has 1 aliphatic heterocycles. The van der Waals surface area contributed by atoms with E-state index in [1.807, 2.05) is 6.92 Å². The highest BCUT2D eigenvalue weighted by atomic mass is 35.5. The van der Waals surface area contributed by atoms with Crippen LogP contribution in [0.4, 0.5) is 0 Å². The molecule has 0 spiro atoms. The Morgan fingerprint density at radius 2 is 2.05 bits per heavy atom. The van der Waals surface area contributed by atoms with Gasteiger partial charge < -0.3 is 5.32 Å². The molecule has 0 bridgehead atoms. The van der Waals surface area contributed by atoms with E-state index in [0.29, 0.717) is 6.54 Å². The maximum atomic E-state index is 12.3. The van der Waals surface area contributed by atoms with Crippen LogP contribution in [-0.4, -0.2) is 27.5 Å². The molecular weight excluding hydrogens is 343 g/mol. The molecule has 1 heterocycles. The summed E-state index contributed by atoms with van der Waals surface area (Å²) in [5.74, 6) is 0.286. The van der Waals surface area contributed by atoms with Gasteiger partial charge in [0.1, 0.15) is 4.90 Å².